The molecule has 7 heteroatoms. The number of nitrogens with two attached hydrogens (primary N) is 1. The number of rotatable bonds is 5. The number of hydrogen-bond acceptors (Lipinski definition) is 6. The molecule has 24 heavy (non-hydrogen) atoms. The predicted molar refractivity (Wildman–Crippen MR) is 98.1 cm³/mol. The number of thiazole rings is 1. The number of nitrogens with zero attached hydrogens (tertiary/aromatic N) is 4. The molecule has 2 aromatic rings. The maximum Gasteiger partial charge on any atom is 0.240 e. The molecule has 0 unspecified atom stereocenters. The number of amides is 1. The minimum absolute atomic E-state index is 0.130. The summed E-state index contributed by atoms with van der Waals surface area (Å²) in [7, 11) is 1.84. The van der Waals surface area contributed by atoms with Crippen molar-refractivity contribution >= 4 is 28.1 Å². The zero-order valence-electron chi connectivity index (χ0n) is 13.9. The summed E-state index contributed by atoms with van der Waals surface area (Å²) in [5, 5.41) is 0.623. The van der Waals surface area contributed by atoms with E-state index in [2.05, 4.69) is 14.8 Å². The van der Waals surface area contributed by atoms with Gasteiger partial charge in [-0.3, -0.25) is 14.6 Å². The van der Waals surface area contributed by atoms with Crippen molar-refractivity contribution in [1.29, 1.82) is 0 Å². The Kier molecular flexibility index (Phi) is 5.44. The van der Waals surface area contributed by atoms with Crippen molar-refractivity contribution in [1.82, 2.24) is 14.8 Å². The Hall–Kier alpha value is -1.96. The zero-order chi connectivity index (χ0) is 16.9. The summed E-state index contributed by atoms with van der Waals surface area (Å²) in [6.07, 6.45) is 1.85. The summed E-state index contributed by atoms with van der Waals surface area (Å²) in [5.74, 6) is 0.130. The van der Waals surface area contributed by atoms with E-state index in [4.69, 9.17) is 5.73 Å². The predicted octanol–water partition coefficient (Wildman–Crippen LogP) is 1.51. The zero-order valence-corrected chi connectivity index (χ0v) is 14.7. The van der Waals surface area contributed by atoms with Crippen LogP contribution in [-0.4, -0.2) is 60.5 Å². The maximum absolute atomic E-state index is 12.4. The van der Waals surface area contributed by atoms with Gasteiger partial charge in [0.1, 0.15) is 0 Å². The molecule has 0 spiro atoms. The Morgan fingerprint density at radius 2 is 1.88 bits per heavy atom. The molecule has 128 valence electrons. The van der Waals surface area contributed by atoms with Crippen LogP contribution in [0.5, 0.6) is 0 Å². The smallest absolute Gasteiger partial charge is 0.240 e. The van der Waals surface area contributed by atoms with Crippen molar-refractivity contribution < 1.29 is 4.79 Å². The number of anilines is 2. The first-order chi connectivity index (χ1) is 11.6. The number of benzene rings is 1. The highest BCUT2D eigenvalue weighted by atomic mass is 32.1. The molecular formula is C17H23N5OS. The largest absolute Gasteiger partial charge is 0.375 e. The number of hydrogen-bond donors (Lipinski definition) is 1. The fraction of sp³-hybridized carbons (Fsp3) is 0.412. The van der Waals surface area contributed by atoms with Crippen LogP contribution in [-0.2, 0) is 11.3 Å². The van der Waals surface area contributed by atoms with Gasteiger partial charge in [-0.2, -0.15) is 0 Å². The van der Waals surface area contributed by atoms with Gasteiger partial charge in [0.05, 0.1) is 6.54 Å². The summed E-state index contributed by atoms with van der Waals surface area (Å²) < 4.78 is 0. The van der Waals surface area contributed by atoms with Gasteiger partial charge in [0.2, 0.25) is 5.91 Å². The second-order valence-electron chi connectivity index (χ2n) is 6.01. The number of para-hydroxylation sites is 1. The highest BCUT2D eigenvalue weighted by molar-refractivity contribution is 7.15. The lowest BCUT2D eigenvalue weighted by Gasteiger charge is -2.34. The third-order valence-electron chi connectivity index (χ3n) is 4.29. The highest BCUT2D eigenvalue weighted by Crippen LogP contribution is 2.17. The van der Waals surface area contributed by atoms with Crippen molar-refractivity contribution in [2.75, 3.05) is 50.4 Å². The Balaban J connectivity index is 1.46. The lowest BCUT2D eigenvalue weighted by atomic mass is 10.2. The molecule has 1 aliphatic rings. The number of likely N-dealkylation sites (N-methyl/N-ethyl adjacent to an activating group) is 1. The maximum atomic E-state index is 12.4. The molecular weight excluding hydrogens is 322 g/mol. The molecule has 0 atom stereocenters. The molecule has 1 amide bonds. The Labute approximate surface area is 146 Å². The molecule has 0 radical (unpaired) electrons. The minimum Gasteiger partial charge on any atom is -0.375 e. The molecule has 0 aliphatic carbocycles. The summed E-state index contributed by atoms with van der Waals surface area (Å²) in [6.45, 7) is 5.08. The fourth-order valence-corrected chi connectivity index (χ4v) is 3.54. The first-order valence-corrected chi connectivity index (χ1v) is 8.90. The molecule has 2 heterocycles. The number of nitrogen functional groups attached to an aromatic ring is 1. The molecule has 3 rings (SSSR count). The second kappa shape index (κ2) is 7.74. The van der Waals surface area contributed by atoms with Crippen molar-refractivity contribution in [2.45, 2.75) is 6.54 Å². The van der Waals surface area contributed by atoms with Crippen molar-refractivity contribution in [2.24, 2.45) is 0 Å². The molecule has 6 nitrogen and oxygen atoms in total. The third kappa shape index (κ3) is 4.31. The minimum atomic E-state index is 0.130. The van der Waals surface area contributed by atoms with Gasteiger partial charge in [-0.25, -0.2) is 4.98 Å². The van der Waals surface area contributed by atoms with Gasteiger partial charge in [0.15, 0.2) is 5.13 Å². The molecule has 1 fully saturated rings. The van der Waals surface area contributed by atoms with Gasteiger partial charge in [-0.05, 0) is 12.1 Å². The molecule has 1 aromatic carbocycles. The van der Waals surface area contributed by atoms with Crippen LogP contribution in [0.1, 0.15) is 4.88 Å². The molecule has 1 aliphatic heterocycles. The van der Waals surface area contributed by atoms with Crippen LogP contribution in [0, 0.1) is 0 Å². The van der Waals surface area contributed by atoms with E-state index in [1.165, 1.54) is 4.88 Å². The van der Waals surface area contributed by atoms with E-state index in [0.717, 1.165) is 38.4 Å². The van der Waals surface area contributed by atoms with Crippen LogP contribution >= 0.6 is 11.3 Å². The summed E-state index contributed by atoms with van der Waals surface area (Å²) in [6, 6.07) is 9.76. The first kappa shape index (κ1) is 16.9. The van der Waals surface area contributed by atoms with E-state index in [-0.39, 0.29) is 5.91 Å². The quantitative estimate of drug-likeness (QED) is 0.890. The van der Waals surface area contributed by atoms with Crippen molar-refractivity contribution in [3.8, 4) is 0 Å². The van der Waals surface area contributed by atoms with Crippen LogP contribution in [0.2, 0.25) is 0 Å². The molecule has 1 saturated heterocycles. The standard InChI is InChI=1S/C17H23N5OS/c1-20(14-5-3-2-4-6-14)16(23)13-22-9-7-21(8-10-22)12-15-11-19-17(18)24-15/h2-6,11H,7-10,12-13H2,1H3,(H2,18,19). The molecule has 2 N–H and O–H groups in total. The lowest BCUT2D eigenvalue weighted by molar-refractivity contribution is -0.119. The monoisotopic (exact) mass is 345 g/mol. The van der Waals surface area contributed by atoms with Gasteiger partial charge in [-0.1, -0.05) is 18.2 Å². The molecule has 1 aromatic heterocycles. The average Bonchev–Trinajstić information content (AvgIpc) is 3.01. The number of carbonyl (C=O) groups is 1. The van der Waals surface area contributed by atoms with Crippen LogP contribution in [0.25, 0.3) is 0 Å². The summed E-state index contributed by atoms with van der Waals surface area (Å²) in [5.41, 5.74) is 6.61. The van der Waals surface area contributed by atoms with Crippen molar-refractivity contribution in [3.05, 3.63) is 41.4 Å². The van der Waals surface area contributed by atoms with Crippen LogP contribution < -0.4 is 10.6 Å². The van der Waals surface area contributed by atoms with Gasteiger partial charge >= 0.3 is 0 Å². The summed E-state index contributed by atoms with van der Waals surface area (Å²) in [4.78, 5) is 24.1. The number of piperazine rings is 1. The van der Waals surface area contributed by atoms with Gasteiger partial charge in [0.25, 0.3) is 0 Å². The second-order valence-corrected chi connectivity index (χ2v) is 7.15. The lowest BCUT2D eigenvalue weighted by Crippen LogP contribution is -2.49. The molecule has 0 bridgehead atoms. The van der Waals surface area contributed by atoms with E-state index >= 15 is 0 Å². The van der Waals surface area contributed by atoms with E-state index in [9.17, 15) is 4.79 Å². The van der Waals surface area contributed by atoms with Crippen LogP contribution in [0.3, 0.4) is 0 Å². The number of carbonyl (C=O) groups excluding carboxylic acids is 1. The number of aromatic nitrogens is 1. The SMILES string of the molecule is CN(C(=O)CN1CCN(Cc2cnc(N)s2)CC1)c1ccccc1. The van der Waals surface area contributed by atoms with E-state index < -0.39 is 0 Å². The van der Waals surface area contributed by atoms with Crippen LogP contribution in [0.4, 0.5) is 10.8 Å². The van der Waals surface area contributed by atoms with Crippen molar-refractivity contribution in [3.63, 3.8) is 0 Å². The third-order valence-corrected chi connectivity index (χ3v) is 5.10. The molecule has 0 saturated carbocycles. The van der Waals surface area contributed by atoms with Crippen LogP contribution in [0.15, 0.2) is 36.5 Å². The fourth-order valence-electron chi connectivity index (χ4n) is 2.81. The van der Waals surface area contributed by atoms with Gasteiger partial charge < -0.3 is 10.6 Å². The Morgan fingerprint density at radius 3 is 2.50 bits per heavy atom. The van der Waals surface area contributed by atoms with E-state index in [1.54, 1.807) is 16.2 Å². The van der Waals surface area contributed by atoms with Gasteiger partial charge in [0, 0.05) is 56.5 Å². The highest BCUT2D eigenvalue weighted by Gasteiger charge is 2.21. The van der Waals surface area contributed by atoms with Gasteiger partial charge in [-0.15, -0.1) is 11.3 Å². The van der Waals surface area contributed by atoms with E-state index in [1.807, 2.05) is 43.6 Å². The average molecular weight is 345 g/mol. The topological polar surface area (TPSA) is 65.7 Å². The normalized spacial score (nSPS) is 16.2. The summed E-state index contributed by atoms with van der Waals surface area (Å²) >= 11 is 1.54. The first-order valence-electron chi connectivity index (χ1n) is 8.08. The Bertz CT molecular complexity index is 667. The van der Waals surface area contributed by atoms with E-state index in [0.29, 0.717) is 11.7 Å². The Morgan fingerprint density at radius 1 is 1.21 bits per heavy atom.